The summed E-state index contributed by atoms with van der Waals surface area (Å²) in [5.41, 5.74) is 0.489. The van der Waals surface area contributed by atoms with Gasteiger partial charge in [0.1, 0.15) is 11.6 Å². The number of esters is 1. The van der Waals surface area contributed by atoms with E-state index in [4.69, 9.17) is 9.15 Å². The highest BCUT2D eigenvalue weighted by Crippen LogP contribution is 2.05. The molecule has 7 nitrogen and oxygen atoms in total. The molecular weight excluding hydrogens is 355 g/mol. The largest absolute Gasteiger partial charge is 0.467 e. The molecule has 2 rings (SSSR count). The Morgan fingerprint density at radius 2 is 2.07 bits per heavy atom. The molecule has 0 fully saturated rings. The summed E-state index contributed by atoms with van der Waals surface area (Å²) < 4.78 is 22.9. The zero-order chi connectivity index (χ0) is 19.6. The van der Waals surface area contributed by atoms with Gasteiger partial charge in [0.25, 0.3) is 5.91 Å². The highest BCUT2D eigenvalue weighted by atomic mass is 19.1. The molecule has 0 radical (unpaired) electrons. The van der Waals surface area contributed by atoms with Crippen molar-refractivity contribution in [2.24, 2.45) is 0 Å². The lowest BCUT2D eigenvalue weighted by molar-refractivity contribution is -0.148. The molecule has 2 amide bonds. The molecule has 1 aromatic heterocycles. The van der Waals surface area contributed by atoms with Crippen molar-refractivity contribution in [1.29, 1.82) is 0 Å². The van der Waals surface area contributed by atoms with Gasteiger partial charge in [-0.1, -0.05) is 12.1 Å². The van der Waals surface area contributed by atoms with Crippen LogP contribution in [-0.2, 0) is 25.7 Å². The highest BCUT2D eigenvalue weighted by molar-refractivity contribution is 5.90. The lowest BCUT2D eigenvalue weighted by Crippen LogP contribution is -2.39. The number of rotatable bonds is 8. The second kappa shape index (κ2) is 9.91. The summed E-state index contributed by atoms with van der Waals surface area (Å²) in [4.78, 5) is 36.5. The molecule has 0 bridgehead atoms. The van der Waals surface area contributed by atoms with Crippen molar-refractivity contribution in [2.75, 3.05) is 20.2 Å². The van der Waals surface area contributed by atoms with Gasteiger partial charge in [-0.05, 0) is 35.9 Å². The number of carbonyl (C=O) groups is 3. The van der Waals surface area contributed by atoms with Crippen molar-refractivity contribution in [3.8, 4) is 0 Å². The van der Waals surface area contributed by atoms with E-state index in [2.05, 4.69) is 5.32 Å². The van der Waals surface area contributed by atoms with Crippen LogP contribution >= 0.6 is 0 Å². The molecule has 8 heteroatoms. The maximum absolute atomic E-state index is 13.0. The van der Waals surface area contributed by atoms with Gasteiger partial charge in [0.05, 0.1) is 19.4 Å². The van der Waals surface area contributed by atoms with E-state index in [-0.39, 0.29) is 19.0 Å². The van der Waals surface area contributed by atoms with Gasteiger partial charge < -0.3 is 19.4 Å². The van der Waals surface area contributed by atoms with E-state index in [1.807, 2.05) is 0 Å². The van der Waals surface area contributed by atoms with Gasteiger partial charge in [-0.15, -0.1) is 0 Å². The second-order valence-corrected chi connectivity index (χ2v) is 5.60. The first-order valence-corrected chi connectivity index (χ1v) is 8.07. The van der Waals surface area contributed by atoms with Crippen LogP contribution in [-0.4, -0.2) is 42.9 Å². The Balaban J connectivity index is 1.70. The average Bonchev–Trinajstić information content (AvgIpc) is 3.16. The predicted molar refractivity (Wildman–Crippen MR) is 94.6 cm³/mol. The van der Waals surface area contributed by atoms with Crippen molar-refractivity contribution in [3.63, 3.8) is 0 Å². The van der Waals surface area contributed by atoms with Crippen LogP contribution in [0.5, 0.6) is 0 Å². The van der Waals surface area contributed by atoms with Gasteiger partial charge >= 0.3 is 5.97 Å². The summed E-state index contributed by atoms with van der Waals surface area (Å²) in [5.74, 6) is -1.48. The van der Waals surface area contributed by atoms with Crippen LogP contribution < -0.4 is 5.32 Å². The molecule has 0 saturated heterocycles. The fraction of sp³-hybridized carbons (Fsp3) is 0.211. The monoisotopic (exact) mass is 374 g/mol. The molecule has 0 atom stereocenters. The first kappa shape index (κ1) is 19.9. The van der Waals surface area contributed by atoms with Gasteiger partial charge in [0, 0.05) is 13.1 Å². The molecular formula is C19H19FN2O5. The quantitative estimate of drug-likeness (QED) is 0.562. The predicted octanol–water partition coefficient (Wildman–Crippen LogP) is 1.75. The summed E-state index contributed by atoms with van der Waals surface area (Å²) >= 11 is 0. The number of nitrogens with zero attached hydrogens (tertiary/aromatic N) is 1. The Morgan fingerprint density at radius 1 is 1.26 bits per heavy atom. The summed E-state index contributed by atoms with van der Waals surface area (Å²) in [5, 5.41) is 2.60. The molecule has 0 aliphatic rings. The van der Waals surface area contributed by atoms with Crippen LogP contribution in [0.3, 0.4) is 0 Å². The number of benzene rings is 1. The number of halogens is 1. The van der Waals surface area contributed by atoms with Crippen molar-refractivity contribution in [2.45, 2.75) is 6.54 Å². The lowest BCUT2D eigenvalue weighted by atomic mass is 10.2. The van der Waals surface area contributed by atoms with Gasteiger partial charge in [-0.25, -0.2) is 9.18 Å². The third-order valence-electron chi connectivity index (χ3n) is 3.44. The van der Waals surface area contributed by atoms with Crippen molar-refractivity contribution >= 4 is 23.9 Å². The van der Waals surface area contributed by atoms with Gasteiger partial charge in [-0.2, -0.15) is 0 Å². The smallest absolute Gasteiger partial charge is 0.331 e. The number of hydrogen-bond acceptors (Lipinski definition) is 5. The fourth-order valence-electron chi connectivity index (χ4n) is 2.02. The molecule has 1 heterocycles. The average molecular weight is 374 g/mol. The molecule has 0 spiro atoms. The van der Waals surface area contributed by atoms with Crippen LogP contribution in [0.4, 0.5) is 4.39 Å². The maximum atomic E-state index is 13.0. The number of ether oxygens (including phenoxy) is 1. The third kappa shape index (κ3) is 7.15. The van der Waals surface area contributed by atoms with E-state index in [1.165, 1.54) is 37.6 Å². The van der Waals surface area contributed by atoms with Crippen LogP contribution in [0.25, 0.3) is 6.08 Å². The van der Waals surface area contributed by atoms with E-state index in [9.17, 15) is 18.8 Å². The van der Waals surface area contributed by atoms with E-state index in [1.54, 1.807) is 18.2 Å². The number of furan rings is 1. The summed E-state index contributed by atoms with van der Waals surface area (Å²) in [6, 6.07) is 9.09. The van der Waals surface area contributed by atoms with Crippen LogP contribution in [0.2, 0.25) is 0 Å². The molecule has 27 heavy (non-hydrogen) atoms. The molecule has 1 aromatic carbocycles. The minimum Gasteiger partial charge on any atom is -0.467 e. The zero-order valence-corrected chi connectivity index (χ0v) is 14.7. The standard InChI is InChI=1S/C19H19FN2O5/c1-22(12-17(23)21-11-16-6-3-9-26-16)18(24)13-27-19(25)8-7-14-4-2-5-15(20)10-14/h2-10H,11-13H2,1H3,(H,21,23)/b8-7+. The number of likely N-dealkylation sites (N-methyl/N-ethyl adjacent to an activating group) is 1. The fourth-order valence-corrected chi connectivity index (χ4v) is 2.02. The number of hydrogen-bond donors (Lipinski definition) is 1. The topological polar surface area (TPSA) is 88.8 Å². The van der Waals surface area contributed by atoms with E-state index >= 15 is 0 Å². The molecule has 142 valence electrons. The highest BCUT2D eigenvalue weighted by Gasteiger charge is 2.14. The zero-order valence-electron chi connectivity index (χ0n) is 14.7. The van der Waals surface area contributed by atoms with Crippen molar-refractivity contribution in [3.05, 3.63) is 65.9 Å². The molecule has 0 unspecified atom stereocenters. The van der Waals surface area contributed by atoms with Crippen LogP contribution in [0.15, 0.2) is 53.2 Å². The maximum Gasteiger partial charge on any atom is 0.331 e. The van der Waals surface area contributed by atoms with E-state index < -0.39 is 24.3 Å². The summed E-state index contributed by atoms with van der Waals surface area (Å²) in [6.07, 6.45) is 3.97. The molecule has 0 saturated carbocycles. The molecule has 2 aromatic rings. The lowest BCUT2D eigenvalue weighted by Gasteiger charge is -2.16. The molecule has 1 N–H and O–H groups in total. The van der Waals surface area contributed by atoms with Crippen molar-refractivity contribution in [1.82, 2.24) is 10.2 Å². The van der Waals surface area contributed by atoms with Gasteiger partial charge in [0.2, 0.25) is 5.91 Å². The first-order chi connectivity index (χ1) is 12.9. The normalized spacial score (nSPS) is 10.6. The Kier molecular flexibility index (Phi) is 7.30. The Labute approximate surface area is 155 Å². The Hall–Kier alpha value is -3.42. The van der Waals surface area contributed by atoms with Gasteiger partial charge in [-0.3, -0.25) is 9.59 Å². The minimum atomic E-state index is -0.747. The SMILES string of the molecule is CN(CC(=O)NCc1ccco1)C(=O)COC(=O)/C=C/c1cccc(F)c1. The number of carbonyl (C=O) groups excluding carboxylic acids is 3. The van der Waals surface area contributed by atoms with Crippen LogP contribution in [0, 0.1) is 5.82 Å². The summed E-state index contributed by atoms with van der Waals surface area (Å²) in [7, 11) is 1.42. The van der Waals surface area contributed by atoms with Crippen molar-refractivity contribution < 1.29 is 27.9 Å². The number of nitrogens with one attached hydrogen (secondary N) is 1. The Morgan fingerprint density at radius 3 is 2.78 bits per heavy atom. The second-order valence-electron chi connectivity index (χ2n) is 5.60. The molecule has 0 aliphatic heterocycles. The minimum absolute atomic E-state index is 0.184. The van der Waals surface area contributed by atoms with Gasteiger partial charge in [0.15, 0.2) is 6.61 Å². The first-order valence-electron chi connectivity index (χ1n) is 8.07. The van der Waals surface area contributed by atoms with E-state index in [0.29, 0.717) is 11.3 Å². The summed E-state index contributed by atoms with van der Waals surface area (Å²) in [6.45, 7) is -0.474. The molecule has 0 aliphatic carbocycles. The third-order valence-corrected chi connectivity index (χ3v) is 3.44. The van der Waals surface area contributed by atoms with E-state index in [0.717, 1.165) is 11.0 Å². The number of amides is 2. The Bertz CT molecular complexity index is 817. The van der Waals surface area contributed by atoms with Crippen LogP contribution in [0.1, 0.15) is 11.3 Å².